The van der Waals surface area contributed by atoms with Gasteiger partial charge in [-0.1, -0.05) is 23.2 Å². The zero-order valence-corrected chi connectivity index (χ0v) is 11.2. The van der Waals surface area contributed by atoms with Gasteiger partial charge in [-0.05, 0) is 12.1 Å². The molecule has 0 bridgehead atoms. The second-order valence-electron chi connectivity index (χ2n) is 3.30. The number of aromatic nitrogens is 1. The first-order valence-corrected chi connectivity index (χ1v) is 5.93. The van der Waals surface area contributed by atoms with Gasteiger partial charge >= 0.3 is 5.97 Å². The number of carbonyl (C=O) groups excluding carboxylic acids is 2. The lowest BCUT2D eigenvalue weighted by Gasteiger charge is -2.06. The maximum absolute atomic E-state index is 11.6. The number of rotatable bonds is 5. The van der Waals surface area contributed by atoms with E-state index in [0.717, 1.165) is 0 Å². The molecule has 0 spiro atoms. The predicted octanol–water partition coefficient (Wildman–Crippen LogP) is 1.58. The minimum absolute atomic E-state index is 0.0827. The highest BCUT2D eigenvalue weighted by Gasteiger charge is 2.15. The summed E-state index contributed by atoms with van der Waals surface area (Å²) in [6, 6.07) is 4.69. The lowest BCUT2D eigenvalue weighted by molar-refractivity contribution is -0.124. The van der Waals surface area contributed by atoms with Gasteiger partial charge < -0.3 is 10.1 Å². The highest BCUT2D eigenvalue weighted by molar-refractivity contribution is 6.34. The predicted molar refractivity (Wildman–Crippen MR) is 67.8 cm³/mol. The molecule has 1 heterocycles. The molecule has 0 atom stereocenters. The monoisotopic (exact) mass is 301 g/mol. The third-order valence-corrected chi connectivity index (χ3v) is 2.41. The number of nitrogens with zero attached hydrogens (tertiary/aromatic N) is 2. The second kappa shape index (κ2) is 7.56. The van der Waals surface area contributed by atoms with Crippen LogP contribution < -0.4 is 5.32 Å². The molecule has 0 aliphatic rings. The lowest BCUT2D eigenvalue weighted by Crippen LogP contribution is -2.29. The van der Waals surface area contributed by atoms with Crippen LogP contribution in [0.15, 0.2) is 12.1 Å². The molecule has 0 saturated carbocycles. The molecule has 100 valence electrons. The van der Waals surface area contributed by atoms with Crippen molar-refractivity contribution in [2.24, 2.45) is 0 Å². The van der Waals surface area contributed by atoms with Crippen LogP contribution in [-0.2, 0) is 9.53 Å². The summed E-state index contributed by atoms with van der Waals surface area (Å²) in [6.07, 6.45) is 0.182. The molecule has 6 nitrogen and oxygen atoms in total. The number of ether oxygens (including phenoxy) is 1. The molecule has 1 rings (SSSR count). The molecule has 0 aliphatic carbocycles. The number of nitrogens with one attached hydrogen (secondary N) is 1. The molecule has 0 radical (unpaired) electrons. The largest absolute Gasteiger partial charge is 0.451 e. The van der Waals surface area contributed by atoms with E-state index in [1.165, 1.54) is 12.1 Å². The van der Waals surface area contributed by atoms with Crippen LogP contribution in [0.5, 0.6) is 0 Å². The minimum atomic E-state index is -0.845. The van der Waals surface area contributed by atoms with Crippen molar-refractivity contribution < 1.29 is 14.3 Å². The number of halogens is 2. The Balaban J connectivity index is 2.49. The Morgan fingerprint density at radius 3 is 2.84 bits per heavy atom. The fourth-order valence-corrected chi connectivity index (χ4v) is 1.40. The molecular weight excluding hydrogens is 293 g/mol. The quantitative estimate of drug-likeness (QED) is 0.506. The Morgan fingerprint density at radius 1 is 1.42 bits per heavy atom. The Bertz CT molecular complexity index is 528. The lowest BCUT2D eigenvalue weighted by atomic mass is 10.3. The Hall–Kier alpha value is -1.84. The normalized spacial score (nSPS) is 9.53. The molecule has 1 aromatic rings. The van der Waals surface area contributed by atoms with Crippen molar-refractivity contribution in [3.05, 3.63) is 28.0 Å². The van der Waals surface area contributed by atoms with E-state index >= 15 is 0 Å². The van der Waals surface area contributed by atoms with Gasteiger partial charge in [-0.2, -0.15) is 5.26 Å². The second-order valence-corrected chi connectivity index (χ2v) is 4.09. The Morgan fingerprint density at radius 2 is 2.16 bits per heavy atom. The standard InChI is InChI=1S/C11H9Cl2N3O3/c12-7-2-3-8(13)16-10(7)11(18)19-6-9(17)15-5-1-4-14/h2-3H,1,5-6H2,(H,15,17). The molecular formula is C11H9Cl2N3O3. The van der Waals surface area contributed by atoms with Crippen LogP contribution in [0.2, 0.25) is 10.2 Å². The highest BCUT2D eigenvalue weighted by Crippen LogP contribution is 2.17. The third kappa shape index (κ3) is 5.12. The van der Waals surface area contributed by atoms with Gasteiger partial charge in [0, 0.05) is 6.54 Å². The Kier molecular flexibility index (Phi) is 6.06. The average Bonchev–Trinajstić information content (AvgIpc) is 2.39. The molecule has 0 saturated heterocycles. The van der Waals surface area contributed by atoms with E-state index in [2.05, 4.69) is 10.3 Å². The molecule has 0 aliphatic heterocycles. The van der Waals surface area contributed by atoms with Crippen LogP contribution in [0.3, 0.4) is 0 Å². The highest BCUT2D eigenvalue weighted by atomic mass is 35.5. The summed E-state index contributed by atoms with van der Waals surface area (Å²) in [5.41, 5.74) is -0.154. The van der Waals surface area contributed by atoms with Crippen molar-refractivity contribution in [1.29, 1.82) is 5.26 Å². The average molecular weight is 302 g/mol. The first-order chi connectivity index (χ1) is 9.04. The van der Waals surface area contributed by atoms with Gasteiger partial charge in [0.05, 0.1) is 17.5 Å². The maximum Gasteiger partial charge on any atom is 0.359 e. The number of hydrogen-bond acceptors (Lipinski definition) is 5. The molecule has 19 heavy (non-hydrogen) atoms. The van der Waals surface area contributed by atoms with Gasteiger partial charge in [-0.3, -0.25) is 4.79 Å². The van der Waals surface area contributed by atoms with Crippen LogP contribution in [0, 0.1) is 11.3 Å². The van der Waals surface area contributed by atoms with E-state index in [4.69, 9.17) is 33.2 Å². The van der Waals surface area contributed by atoms with Gasteiger partial charge in [-0.25, -0.2) is 9.78 Å². The SMILES string of the molecule is N#CCCNC(=O)COC(=O)c1nc(Cl)ccc1Cl. The molecule has 1 aromatic heterocycles. The number of amides is 1. The minimum Gasteiger partial charge on any atom is -0.451 e. The van der Waals surface area contributed by atoms with Gasteiger partial charge in [0.2, 0.25) is 0 Å². The molecule has 1 N–H and O–H groups in total. The number of esters is 1. The van der Waals surface area contributed by atoms with Crippen molar-refractivity contribution in [3.63, 3.8) is 0 Å². The van der Waals surface area contributed by atoms with Crippen molar-refractivity contribution in [2.75, 3.05) is 13.2 Å². The van der Waals surface area contributed by atoms with Crippen LogP contribution >= 0.6 is 23.2 Å². The summed E-state index contributed by atoms with van der Waals surface area (Å²) in [4.78, 5) is 26.5. The molecule has 0 unspecified atom stereocenters. The van der Waals surface area contributed by atoms with Crippen LogP contribution in [0.1, 0.15) is 16.9 Å². The number of hydrogen-bond donors (Lipinski definition) is 1. The molecule has 0 aromatic carbocycles. The first-order valence-electron chi connectivity index (χ1n) is 5.17. The summed E-state index contributed by atoms with van der Waals surface area (Å²) >= 11 is 11.4. The van der Waals surface area contributed by atoms with Crippen molar-refractivity contribution >= 4 is 35.1 Å². The van der Waals surface area contributed by atoms with Crippen LogP contribution in [-0.4, -0.2) is 30.0 Å². The van der Waals surface area contributed by atoms with Crippen molar-refractivity contribution in [1.82, 2.24) is 10.3 Å². The fraction of sp³-hybridized carbons (Fsp3) is 0.273. The summed E-state index contributed by atoms with van der Waals surface area (Å²) in [6.45, 7) is -0.280. The zero-order chi connectivity index (χ0) is 14.3. The number of carbonyl (C=O) groups is 2. The van der Waals surface area contributed by atoms with E-state index in [-0.39, 0.29) is 28.8 Å². The summed E-state index contributed by atoms with van der Waals surface area (Å²) in [5.74, 6) is -1.36. The van der Waals surface area contributed by atoms with Gasteiger partial charge in [-0.15, -0.1) is 0 Å². The Labute approximate surface area is 119 Å². The molecule has 0 fully saturated rings. The van der Waals surface area contributed by atoms with Gasteiger partial charge in [0.15, 0.2) is 12.3 Å². The molecule has 8 heteroatoms. The van der Waals surface area contributed by atoms with Crippen molar-refractivity contribution in [3.8, 4) is 6.07 Å². The maximum atomic E-state index is 11.6. The van der Waals surface area contributed by atoms with Crippen LogP contribution in [0.4, 0.5) is 0 Å². The summed E-state index contributed by atoms with van der Waals surface area (Å²) in [7, 11) is 0. The first kappa shape index (κ1) is 15.2. The van der Waals surface area contributed by atoms with E-state index in [1.54, 1.807) is 0 Å². The van der Waals surface area contributed by atoms with E-state index in [9.17, 15) is 9.59 Å². The van der Waals surface area contributed by atoms with Gasteiger partial charge in [0.1, 0.15) is 5.15 Å². The molecule has 1 amide bonds. The zero-order valence-electron chi connectivity index (χ0n) is 9.65. The van der Waals surface area contributed by atoms with Crippen molar-refractivity contribution in [2.45, 2.75) is 6.42 Å². The van der Waals surface area contributed by atoms with Gasteiger partial charge in [0.25, 0.3) is 5.91 Å². The van der Waals surface area contributed by atoms with Crippen LogP contribution in [0.25, 0.3) is 0 Å². The fourth-order valence-electron chi connectivity index (χ4n) is 1.07. The summed E-state index contributed by atoms with van der Waals surface area (Å²) in [5, 5.41) is 10.9. The smallest absolute Gasteiger partial charge is 0.359 e. The number of nitriles is 1. The van der Waals surface area contributed by atoms with E-state index in [1.807, 2.05) is 6.07 Å². The number of pyridine rings is 1. The van der Waals surface area contributed by atoms with E-state index < -0.39 is 18.5 Å². The van der Waals surface area contributed by atoms with E-state index in [0.29, 0.717) is 0 Å². The topological polar surface area (TPSA) is 92.1 Å². The third-order valence-electron chi connectivity index (χ3n) is 1.90. The summed E-state index contributed by atoms with van der Waals surface area (Å²) < 4.78 is 4.72.